The van der Waals surface area contributed by atoms with Crippen molar-refractivity contribution in [2.75, 3.05) is 7.11 Å². The number of ether oxygens (including phenoxy) is 1. The standard InChI is InChI=1S/C17H23N3O/c1-11-3-8-16(21-2)14(9-11)15-10-19-17(20-15)12-4-6-13(18)7-5-12/h3,8-10,12-13H,4-7,18H2,1-2H3,(H,19,20). The Kier molecular flexibility index (Phi) is 3.97. The Balaban J connectivity index is 1.86. The van der Waals surface area contributed by atoms with Gasteiger partial charge in [0.15, 0.2) is 0 Å². The summed E-state index contributed by atoms with van der Waals surface area (Å²) in [5.74, 6) is 2.47. The Bertz CT molecular complexity index is 612. The molecule has 1 aromatic heterocycles. The fourth-order valence-electron chi connectivity index (χ4n) is 3.11. The van der Waals surface area contributed by atoms with Crippen molar-refractivity contribution in [3.05, 3.63) is 35.8 Å². The summed E-state index contributed by atoms with van der Waals surface area (Å²) in [6.45, 7) is 2.09. The summed E-state index contributed by atoms with van der Waals surface area (Å²) in [4.78, 5) is 8.08. The molecule has 0 amide bonds. The molecule has 112 valence electrons. The van der Waals surface area contributed by atoms with Gasteiger partial charge in [-0.15, -0.1) is 0 Å². The second-order valence-corrected chi connectivity index (χ2v) is 6.00. The summed E-state index contributed by atoms with van der Waals surface area (Å²) in [6.07, 6.45) is 6.35. The van der Waals surface area contributed by atoms with Crippen LogP contribution in [0.5, 0.6) is 5.75 Å². The number of methoxy groups -OCH3 is 1. The van der Waals surface area contributed by atoms with E-state index in [1.54, 1.807) is 7.11 Å². The number of nitrogens with one attached hydrogen (secondary N) is 1. The van der Waals surface area contributed by atoms with Gasteiger partial charge in [0.05, 0.1) is 19.0 Å². The quantitative estimate of drug-likeness (QED) is 0.908. The molecule has 0 bridgehead atoms. The van der Waals surface area contributed by atoms with Crippen molar-refractivity contribution >= 4 is 0 Å². The first-order valence-electron chi connectivity index (χ1n) is 7.63. The van der Waals surface area contributed by atoms with Crippen LogP contribution in [0.1, 0.15) is 43.0 Å². The number of aryl methyl sites for hydroxylation is 1. The molecule has 1 aromatic carbocycles. The number of nitrogens with two attached hydrogens (primary N) is 1. The van der Waals surface area contributed by atoms with Crippen LogP contribution in [0.4, 0.5) is 0 Å². The number of nitrogens with zero attached hydrogens (tertiary/aromatic N) is 1. The van der Waals surface area contributed by atoms with Crippen molar-refractivity contribution < 1.29 is 4.74 Å². The summed E-state index contributed by atoms with van der Waals surface area (Å²) in [5, 5.41) is 0. The zero-order chi connectivity index (χ0) is 14.8. The first kappa shape index (κ1) is 14.1. The lowest BCUT2D eigenvalue weighted by molar-refractivity contribution is 0.386. The van der Waals surface area contributed by atoms with Crippen molar-refractivity contribution in [2.45, 2.75) is 44.6 Å². The molecule has 1 aliphatic carbocycles. The van der Waals surface area contributed by atoms with Gasteiger partial charge in [-0.3, -0.25) is 0 Å². The van der Waals surface area contributed by atoms with Crippen LogP contribution in [0.25, 0.3) is 11.3 Å². The maximum atomic E-state index is 5.98. The molecule has 4 nitrogen and oxygen atoms in total. The van der Waals surface area contributed by atoms with E-state index in [1.807, 2.05) is 12.3 Å². The Morgan fingerprint density at radius 3 is 2.71 bits per heavy atom. The van der Waals surface area contributed by atoms with E-state index in [2.05, 4.69) is 29.0 Å². The molecule has 1 fully saturated rings. The molecule has 0 spiro atoms. The van der Waals surface area contributed by atoms with E-state index in [0.717, 1.165) is 48.5 Å². The molecule has 3 rings (SSSR count). The molecule has 1 aliphatic rings. The molecule has 0 radical (unpaired) electrons. The Labute approximate surface area is 125 Å². The molecule has 0 saturated heterocycles. The third kappa shape index (κ3) is 2.95. The van der Waals surface area contributed by atoms with Gasteiger partial charge in [-0.2, -0.15) is 0 Å². The van der Waals surface area contributed by atoms with Gasteiger partial charge in [-0.1, -0.05) is 11.6 Å². The summed E-state index contributed by atoms with van der Waals surface area (Å²) in [7, 11) is 1.70. The molecular formula is C17H23N3O. The second kappa shape index (κ2) is 5.90. The lowest BCUT2D eigenvalue weighted by Crippen LogP contribution is -2.26. The Morgan fingerprint density at radius 2 is 2.00 bits per heavy atom. The molecule has 2 aromatic rings. The van der Waals surface area contributed by atoms with E-state index in [9.17, 15) is 0 Å². The van der Waals surface area contributed by atoms with Crippen LogP contribution >= 0.6 is 0 Å². The van der Waals surface area contributed by atoms with E-state index >= 15 is 0 Å². The molecule has 0 atom stereocenters. The predicted molar refractivity (Wildman–Crippen MR) is 84.5 cm³/mol. The van der Waals surface area contributed by atoms with Crippen molar-refractivity contribution in [2.24, 2.45) is 5.73 Å². The Hall–Kier alpha value is -1.81. The molecule has 3 N–H and O–H groups in total. The van der Waals surface area contributed by atoms with Crippen LogP contribution in [0.2, 0.25) is 0 Å². The minimum Gasteiger partial charge on any atom is -0.496 e. The lowest BCUT2D eigenvalue weighted by Gasteiger charge is -2.24. The summed E-state index contributed by atoms with van der Waals surface area (Å²) in [6, 6.07) is 6.56. The number of hydrogen-bond donors (Lipinski definition) is 2. The highest BCUT2D eigenvalue weighted by Gasteiger charge is 2.22. The number of aromatic nitrogens is 2. The summed E-state index contributed by atoms with van der Waals surface area (Å²) in [5.41, 5.74) is 9.29. The zero-order valence-corrected chi connectivity index (χ0v) is 12.7. The van der Waals surface area contributed by atoms with Crippen molar-refractivity contribution in [1.82, 2.24) is 9.97 Å². The third-order valence-corrected chi connectivity index (χ3v) is 4.40. The van der Waals surface area contributed by atoms with Crippen LogP contribution in [0.3, 0.4) is 0 Å². The number of aromatic amines is 1. The molecule has 0 unspecified atom stereocenters. The van der Waals surface area contributed by atoms with E-state index < -0.39 is 0 Å². The van der Waals surface area contributed by atoms with Crippen LogP contribution in [-0.2, 0) is 0 Å². The van der Waals surface area contributed by atoms with E-state index in [4.69, 9.17) is 10.5 Å². The highest BCUT2D eigenvalue weighted by atomic mass is 16.5. The van der Waals surface area contributed by atoms with Crippen molar-refractivity contribution in [1.29, 1.82) is 0 Å². The SMILES string of the molecule is COc1ccc(C)cc1-c1cnc(C2CCC(N)CC2)[nH]1. The number of hydrogen-bond acceptors (Lipinski definition) is 3. The summed E-state index contributed by atoms with van der Waals surface area (Å²) >= 11 is 0. The normalized spacial score (nSPS) is 22.2. The highest BCUT2D eigenvalue weighted by molar-refractivity contribution is 5.67. The van der Waals surface area contributed by atoms with Gasteiger partial charge in [0, 0.05) is 17.5 Å². The second-order valence-electron chi connectivity index (χ2n) is 6.00. The van der Waals surface area contributed by atoms with E-state index in [1.165, 1.54) is 5.56 Å². The van der Waals surface area contributed by atoms with E-state index in [-0.39, 0.29) is 0 Å². The van der Waals surface area contributed by atoms with Gasteiger partial charge in [0.2, 0.25) is 0 Å². The van der Waals surface area contributed by atoms with Crippen LogP contribution in [0, 0.1) is 6.92 Å². The van der Waals surface area contributed by atoms with Crippen molar-refractivity contribution in [3.8, 4) is 17.0 Å². The maximum absolute atomic E-state index is 5.98. The fourth-order valence-corrected chi connectivity index (χ4v) is 3.11. The fraction of sp³-hybridized carbons (Fsp3) is 0.471. The average molecular weight is 285 g/mol. The first-order chi connectivity index (χ1) is 10.2. The van der Waals surface area contributed by atoms with Gasteiger partial charge < -0.3 is 15.5 Å². The van der Waals surface area contributed by atoms with Gasteiger partial charge >= 0.3 is 0 Å². The molecular weight excluding hydrogens is 262 g/mol. The molecule has 0 aliphatic heterocycles. The maximum Gasteiger partial charge on any atom is 0.128 e. The monoisotopic (exact) mass is 285 g/mol. The highest BCUT2D eigenvalue weighted by Crippen LogP contribution is 2.34. The minimum atomic E-state index is 0.368. The van der Waals surface area contributed by atoms with Crippen LogP contribution in [-0.4, -0.2) is 23.1 Å². The summed E-state index contributed by atoms with van der Waals surface area (Å²) < 4.78 is 5.46. The topological polar surface area (TPSA) is 63.9 Å². The van der Waals surface area contributed by atoms with Gasteiger partial charge in [0.25, 0.3) is 0 Å². The predicted octanol–water partition coefficient (Wildman–Crippen LogP) is 3.38. The van der Waals surface area contributed by atoms with Crippen molar-refractivity contribution in [3.63, 3.8) is 0 Å². The number of rotatable bonds is 3. The smallest absolute Gasteiger partial charge is 0.128 e. The lowest BCUT2D eigenvalue weighted by atomic mass is 9.86. The number of benzene rings is 1. The molecule has 4 heteroatoms. The average Bonchev–Trinajstić information content (AvgIpc) is 2.97. The van der Waals surface area contributed by atoms with Gasteiger partial charge in [-0.05, 0) is 44.7 Å². The number of imidazole rings is 1. The largest absolute Gasteiger partial charge is 0.496 e. The Morgan fingerprint density at radius 1 is 1.24 bits per heavy atom. The van der Waals surface area contributed by atoms with Crippen LogP contribution in [0.15, 0.2) is 24.4 Å². The first-order valence-corrected chi connectivity index (χ1v) is 7.63. The molecule has 1 saturated carbocycles. The van der Waals surface area contributed by atoms with Gasteiger partial charge in [-0.25, -0.2) is 4.98 Å². The zero-order valence-electron chi connectivity index (χ0n) is 12.7. The number of H-pyrrole nitrogens is 1. The molecule has 1 heterocycles. The third-order valence-electron chi connectivity index (χ3n) is 4.40. The molecule has 21 heavy (non-hydrogen) atoms. The van der Waals surface area contributed by atoms with Gasteiger partial charge in [0.1, 0.15) is 11.6 Å². The van der Waals surface area contributed by atoms with E-state index in [0.29, 0.717) is 12.0 Å². The van der Waals surface area contributed by atoms with Crippen LogP contribution < -0.4 is 10.5 Å². The minimum absolute atomic E-state index is 0.368.